The summed E-state index contributed by atoms with van der Waals surface area (Å²) in [4.78, 5) is 21.9. The number of nitrogens with one attached hydrogen (secondary N) is 1. The van der Waals surface area contributed by atoms with Crippen LogP contribution in [0.4, 0.5) is 18.3 Å². The molecule has 0 unspecified atom stereocenters. The largest absolute Gasteiger partial charge is 0.416 e. The van der Waals surface area contributed by atoms with Crippen molar-refractivity contribution in [2.24, 2.45) is 0 Å². The highest BCUT2D eigenvalue weighted by atomic mass is 32.1. The number of hydrogen-bond acceptors (Lipinski definition) is 4. The number of nitrogens with zero attached hydrogens (tertiary/aromatic N) is 2. The van der Waals surface area contributed by atoms with Crippen LogP contribution in [0.25, 0.3) is 33.4 Å². The number of anilines is 1. The van der Waals surface area contributed by atoms with E-state index in [1.54, 1.807) is 24.3 Å². The number of halogens is 3. The molecule has 5 rings (SSSR count). The Kier molecular flexibility index (Phi) is 6.05. The van der Waals surface area contributed by atoms with Crippen molar-refractivity contribution in [1.82, 2.24) is 9.97 Å². The van der Waals surface area contributed by atoms with E-state index in [-0.39, 0.29) is 12.3 Å². The third kappa shape index (κ3) is 5.07. The number of benzene rings is 3. The van der Waals surface area contributed by atoms with E-state index in [4.69, 9.17) is 0 Å². The maximum atomic E-state index is 13.2. The Hall–Kier alpha value is -4.04. The molecule has 0 aliphatic rings. The summed E-state index contributed by atoms with van der Waals surface area (Å²) in [6.07, 6.45) is -4.39. The molecule has 8 heteroatoms. The third-order valence-electron chi connectivity index (χ3n) is 5.46. The zero-order chi connectivity index (χ0) is 24.4. The van der Waals surface area contributed by atoms with E-state index in [1.807, 2.05) is 47.8 Å². The predicted octanol–water partition coefficient (Wildman–Crippen LogP) is 7.23. The van der Waals surface area contributed by atoms with E-state index in [1.165, 1.54) is 17.4 Å². The fourth-order valence-electron chi connectivity index (χ4n) is 3.78. The summed E-state index contributed by atoms with van der Waals surface area (Å²) in [6, 6.07) is 23.7. The number of thiazole rings is 1. The van der Waals surface area contributed by atoms with E-state index >= 15 is 0 Å². The van der Waals surface area contributed by atoms with Gasteiger partial charge in [-0.15, -0.1) is 11.3 Å². The van der Waals surface area contributed by atoms with Crippen molar-refractivity contribution in [1.29, 1.82) is 0 Å². The second kappa shape index (κ2) is 9.31. The molecule has 2 aromatic heterocycles. The van der Waals surface area contributed by atoms with Crippen molar-refractivity contribution in [2.45, 2.75) is 12.6 Å². The maximum absolute atomic E-state index is 13.2. The van der Waals surface area contributed by atoms with Crippen LogP contribution in [-0.2, 0) is 17.4 Å². The van der Waals surface area contributed by atoms with Gasteiger partial charge >= 0.3 is 6.18 Å². The molecular weight excluding hydrogens is 471 g/mol. The Morgan fingerprint density at radius 2 is 1.60 bits per heavy atom. The highest BCUT2D eigenvalue weighted by Gasteiger charge is 2.30. The van der Waals surface area contributed by atoms with Gasteiger partial charge in [0.2, 0.25) is 5.91 Å². The lowest BCUT2D eigenvalue weighted by Gasteiger charge is -2.10. The van der Waals surface area contributed by atoms with Crippen LogP contribution in [0.2, 0.25) is 0 Å². The summed E-state index contributed by atoms with van der Waals surface area (Å²) in [6.45, 7) is 0. The van der Waals surface area contributed by atoms with Crippen LogP contribution in [0.1, 0.15) is 11.1 Å². The van der Waals surface area contributed by atoms with Gasteiger partial charge in [0, 0.05) is 21.9 Å². The lowest BCUT2D eigenvalue weighted by molar-refractivity contribution is -0.137. The number of carbonyl (C=O) groups is 1. The van der Waals surface area contributed by atoms with Crippen molar-refractivity contribution in [3.05, 3.63) is 101 Å². The van der Waals surface area contributed by atoms with Crippen LogP contribution in [0.3, 0.4) is 0 Å². The first-order chi connectivity index (χ1) is 16.9. The van der Waals surface area contributed by atoms with Crippen LogP contribution in [0.15, 0.2) is 90.3 Å². The molecule has 0 aliphatic heterocycles. The van der Waals surface area contributed by atoms with Crippen LogP contribution in [0, 0.1) is 0 Å². The minimum Gasteiger partial charge on any atom is -0.302 e. The third-order valence-corrected chi connectivity index (χ3v) is 6.22. The topological polar surface area (TPSA) is 54.9 Å². The van der Waals surface area contributed by atoms with E-state index < -0.39 is 11.7 Å². The molecule has 1 amide bonds. The van der Waals surface area contributed by atoms with E-state index in [9.17, 15) is 18.0 Å². The van der Waals surface area contributed by atoms with Gasteiger partial charge in [-0.25, -0.2) is 9.97 Å². The summed E-state index contributed by atoms with van der Waals surface area (Å²) in [5, 5.41) is 6.00. The summed E-state index contributed by atoms with van der Waals surface area (Å²) in [5.41, 5.74) is 3.02. The Morgan fingerprint density at radius 1 is 0.829 bits per heavy atom. The SMILES string of the molecule is O=C(Cc1cccc2ccc(-c3cccc(C(F)(F)F)c3)nc12)Nc1nc(-c2ccccc2)cs1. The summed E-state index contributed by atoms with van der Waals surface area (Å²) in [7, 11) is 0. The molecule has 0 saturated carbocycles. The average Bonchev–Trinajstić information content (AvgIpc) is 3.32. The van der Waals surface area contributed by atoms with Crippen molar-refractivity contribution in [3.8, 4) is 22.5 Å². The Balaban J connectivity index is 1.39. The zero-order valence-corrected chi connectivity index (χ0v) is 19.0. The number of amides is 1. The van der Waals surface area contributed by atoms with Crippen LogP contribution < -0.4 is 5.32 Å². The number of para-hydroxylation sites is 1. The molecule has 0 bridgehead atoms. The first-order valence-corrected chi connectivity index (χ1v) is 11.6. The number of hydrogen-bond donors (Lipinski definition) is 1. The van der Waals surface area contributed by atoms with Crippen LogP contribution in [0.5, 0.6) is 0 Å². The summed E-state index contributed by atoms with van der Waals surface area (Å²) in [5.74, 6) is -0.252. The molecule has 35 heavy (non-hydrogen) atoms. The minimum absolute atomic E-state index is 0.0522. The van der Waals surface area contributed by atoms with Gasteiger partial charge in [-0.1, -0.05) is 66.7 Å². The minimum atomic E-state index is -4.44. The van der Waals surface area contributed by atoms with Gasteiger partial charge in [-0.3, -0.25) is 4.79 Å². The number of rotatable bonds is 5. The van der Waals surface area contributed by atoms with Crippen molar-refractivity contribution in [2.75, 3.05) is 5.32 Å². The summed E-state index contributed by atoms with van der Waals surface area (Å²) < 4.78 is 39.5. The fourth-order valence-corrected chi connectivity index (χ4v) is 4.51. The first kappa shape index (κ1) is 22.7. The molecule has 174 valence electrons. The Bertz CT molecular complexity index is 1510. The molecule has 1 N–H and O–H groups in total. The number of alkyl halides is 3. The quantitative estimate of drug-likeness (QED) is 0.283. The summed E-state index contributed by atoms with van der Waals surface area (Å²) >= 11 is 1.34. The first-order valence-electron chi connectivity index (χ1n) is 10.7. The Labute approximate surface area is 203 Å². The second-order valence-corrected chi connectivity index (χ2v) is 8.75. The van der Waals surface area contributed by atoms with Gasteiger partial charge in [-0.05, 0) is 23.8 Å². The molecular formula is C27H18F3N3OS. The molecule has 0 aliphatic carbocycles. The lowest BCUT2D eigenvalue weighted by atomic mass is 10.0. The van der Waals surface area contributed by atoms with Gasteiger partial charge in [0.1, 0.15) is 0 Å². The second-order valence-electron chi connectivity index (χ2n) is 7.89. The highest BCUT2D eigenvalue weighted by Crippen LogP contribution is 2.32. The molecule has 2 heterocycles. The predicted molar refractivity (Wildman–Crippen MR) is 132 cm³/mol. The van der Waals surface area contributed by atoms with Crippen LogP contribution >= 0.6 is 11.3 Å². The maximum Gasteiger partial charge on any atom is 0.416 e. The molecule has 0 saturated heterocycles. The van der Waals surface area contributed by atoms with Gasteiger partial charge in [-0.2, -0.15) is 13.2 Å². The zero-order valence-electron chi connectivity index (χ0n) is 18.2. The number of pyridine rings is 1. The molecule has 0 atom stereocenters. The molecule has 0 fully saturated rings. The smallest absolute Gasteiger partial charge is 0.302 e. The number of carbonyl (C=O) groups excluding carboxylic acids is 1. The van der Waals surface area contributed by atoms with E-state index in [0.29, 0.717) is 27.5 Å². The Morgan fingerprint density at radius 3 is 2.40 bits per heavy atom. The molecule has 4 nitrogen and oxygen atoms in total. The lowest BCUT2D eigenvalue weighted by Crippen LogP contribution is -2.14. The molecule has 3 aromatic carbocycles. The fraction of sp³-hybridized carbons (Fsp3) is 0.0741. The molecule has 5 aromatic rings. The number of fused-ring (bicyclic) bond motifs is 1. The number of aromatic nitrogens is 2. The van der Waals surface area contributed by atoms with Gasteiger partial charge in [0.25, 0.3) is 0 Å². The van der Waals surface area contributed by atoms with Gasteiger partial charge in [0.05, 0.1) is 28.9 Å². The monoisotopic (exact) mass is 489 g/mol. The highest BCUT2D eigenvalue weighted by molar-refractivity contribution is 7.14. The van der Waals surface area contributed by atoms with Crippen molar-refractivity contribution >= 4 is 33.3 Å². The normalized spacial score (nSPS) is 11.5. The van der Waals surface area contributed by atoms with E-state index in [0.717, 1.165) is 28.8 Å². The standard InChI is InChI=1S/C27H18F3N3OS/c28-27(29,30)21-11-5-9-19(14-21)22-13-12-18-8-4-10-20(25(18)31-22)15-24(34)33-26-32-23(16-35-26)17-6-2-1-3-7-17/h1-14,16H,15H2,(H,32,33,34). The average molecular weight is 490 g/mol. The molecule has 0 spiro atoms. The van der Waals surface area contributed by atoms with E-state index in [2.05, 4.69) is 15.3 Å². The van der Waals surface area contributed by atoms with Gasteiger partial charge < -0.3 is 5.32 Å². The molecule has 0 radical (unpaired) electrons. The van der Waals surface area contributed by atoms with Crippen LogP contribution in [-0.4, -0.2) is 15.9 Å². The van der Waals surface area contributed by atoms with Crippen molar-refractivity contribution < 1.29 is 18.0 Å². The van der Waals surface area contributed by atoms with Gasteiger partial charge in [0.15, 0.2) is 5.13 Å². The van der Waals surface area contributed by atoms with Crippen molar-refractivity contribution in [3.63, 3.8) is 0 Å².